The van der Waals surface area contributed by atoms with Crippen LogP contribution in [-0.4, -0.2) is 63.3 Å². The van der Waals surface area contributed by atoms with Crippen LogP contribution in [0.4, 0.5) is 0 Å². The van der Waals surface area contributed by atoms with Crippen molar-refractivity contribution in [1.29, 1.82) is 0 Å². The molecule has 0 aromatic carbocycles. The zero-order valence-corrected chi connectivity index (χ0v) is 10.1. The molecule has 1 saturated heterocycles. The predicted octanol–water partition coefficient (Wildman–Crippen LogP) is -1.54. The van der Waals surface area contributed by atoms with E-state index in [9.17, 15) is 18.5 Å². The maximum Gasteiger partial charge on any atom is 0.262 e. The molecule has 1 rings (SSSR count). The van der Waals surface area contributed by atoms with Gasteiger partial charge < -0.3 is 10.2 Å². The first kappa shape index (κ1) is 13.8. The number of nitro groups is 1. The summed E-state index contributed by atoms with van der Waals surface area (Å²) < 4.78 is 30.3. The van der Waals surface area contributed by atoms with Gasteiger partial charge in [0.15, 0.2) is 0 Å². The summed E-state index contributed by atoms with van der Waals surface area (Å²) >= 11 is 0. The highest BCUT2D eigenvalue weighted by molar-refractivity contribution is 7.89. The predicted molar refractivity (Wildman–Crippen MR) is 59.7 cm³/mol. The molecule has 1 fully saturated rings. The average molecular weight is 266 g/mol. The van der Waals surface area contributed by atoms with E-state index in [0.717, 1.165) is 6.26 Å². The summed E-state index contributed by atoms with van der Waals surface area (Å²) in [6.07, 6.45) is 0.883. The summed E-state index contributed by atoms with van der Waals surface area (Å²) in [6.45, 7) is 1.33. The maximum atomic E-state index is 11.0. The molecule has 9 nitrogen and oxygen atoms in total. The Hall–Kier alpha value is -1.26. The molecule has 0 aromatic heterocycles. The van der Waals surface area contributed by atoms with Gasteiger partial charge in [0.05, 0.1) is 19.5 Å². The molecule has 0 unspecified atom stereocenters. The van der Waals surface area contributed by atoms with Crippen LogP contribution in [0.2, 0.25) is 0 Å². The summed E-state index contributed by atoms with van der Waals surface area (Å²) in [5.74, 6) is -0.195. The van der Waals surface area contributed by atoms with Crippen molar-refractivity contribution in [3.63, 3.8) is 0 Å². The number of morpholine rings is 1. The van der Waals surface area contributed by atoms with E-state index in [2.05, 4.69) is 9.82 Å². The van der Waals surface area contributed by atoms with Gasteiger partial charge in [0.25, 0.3) is 16.6 Å². The Kier molecular flexibility index (Phi) is 4.78. The molecule has 1 aliphatic rings. The van der Waals surface area contributed by atoms with Gasteiger partial charge in [0, 0.05) is 18.0 Å². The lowest BCUT2D eigenvalue weighted by Gasteiger charge is -2.27. The standard InChI is InChI=1S/C7H14N4O5S/c1-17(14,15)9-7(6-11(12)13)8-10-2-4-16-5-3-10/h2-6H2,1H3,(H,8,9). The van der Waals surface area contributed by atoms with E-state index in [0.29, 0.717) is 26.3 Å². The Morgan fingerprint density at radius 3 is 2.59 bits per heavy atom. The van der Waals surface area contributed by atoms with Crippen molar-refractivity contribution in [3.05, 3.63) is 10.1 Å². The minimum Gasteiger partial charge on any atom is -0.379 e. The van der Waals surface area contributed by atoms with Gasteiger partial charge in [-0.25, -0.2) is 13.4 Å². The third-order valence-electron chi connectivity index (χ3n) is 1.85. The van der Waals surface area contributed by atoms with E-state index in [1.807, 2.05) is 0 Å². The minimum atomic E-state index is -3.66. The fraction of sp³-hybridized carbons (Fsp3) is 0.857. The molecular weight excluding hydrogens is 252 g/mol. The molecule has 1 N–H and O–H groups in total. The van der Waals surface area contributed by atoms with Crippen molar-refractivity contribution in [2.24, 2.45) is 4.40 Å². The van der Waals surface area contributed by atoms with Crippen molar-refractivity contribution >= 4 is 15.9 Å². The van der Waals surface area contributed by atoms with E-state index in [4.69, 9.17) is 4.74 Å². The van der Waals surface area contributed by atoms with E-state index >= 15 is 0 Å². The maximum absolute atomic E-state index is 11.0. The van der Waals surface area contributed by atoms with Gasteiger partial charge in [0.1, 0.15) is 0 Å². The Labute approximate surface area is 98.6 Å². The van der Waals surface area contributed by atoms with E-state index in [1.54, 1.807) is 5.01 Å². The largest absolute Gasteiger partial charge is 0.379 e. The average Bonchev–Trinajstić information content (AvgIpc) is 2.15. The number of sulfonamides is 1. The van der Waals surface area contributed by atoms with Crippen LogP contribution in [-0.2, 0) is 14.8 Å². The Morgan fingerprint density at radius 2 is 2.12 bits per heavy atom. The van der Waals surface area contributed by atoms with Gasteiger partial charge in [-0.3, -0.25) is 10.1 Å². The van der Waals surface area contributed by atoms with Gasteiger partial charge >= 0.3 is 0 Å². The monoisotopic (exact) mass is 266 g/mol. The molecule has 0 spiro atoms. The lowest BCUT2D eigenvalue weighted by molar-refractivity contribution is -0.463. The van der Waals surface area contributed by atoms with Crippen molar-refractivity contribution < 1.29 is 18.1 Å². The fourth-order valence-electron chi connectivity index (χ4n) is 1.26. The summed E-state index contributed by atoms with van der Waals surface area (Å²) in [5, 5.41) is 12.0. The van der Waals surface area contributed by atoms with E-state index in [-0.39, 0.29) is 5.84 Å². The molecule has 1 aliphatic heterocycles. The first-order chi connectivity index (χ1) is 7.87. The molecule has 0 amide bonds. The molecule has 98 valence electrons. The first-order valence-electron chi connectivity index (χ1n) is 4.87. The second-order valence-electron chi connectivity index (χ2n) is 3.47. The first-order valence-corrected chi connectivity index (χ1v) is 6.71. The number of amidine groups is 1. The van der Waals surface area contributed by atoms with E-state index in [1.165, 1.54) is 0 Å². The zero-order chi connectivity index (χ0) is 12.9. The number of hydrazine groups is 1. The van der Waals surface area contributed by atoms with Crippen molar-refractivity contribution in [2.75, 3.05) is 39.1 Å². The molecule has 10 heteroatoms. The van der Waals surface area contributed by atoms with Gasteiger partial charge in [-0.15, -0.1) is 4.40 Å². The second kappa shape index (κ2) is 5.89. The van der Waals surface area contributed by atoms with Crippen molar-refractivity contribution in [3.8, 4) is 0 Å². The Bertz CT molecular complexity index is 400. The summed E-state index contributed by atoms with van der Waals surface area (Å²) in [4.78, 5) is 9.74. The number of hydrogen-bond acceptors (Lipinski definition) is 6. The van der Waals surface area contributed by atoms with Crippen LogP contribution >= 0.6 is 0 Å². The lowest BCUT2D eigenvalue weighted by Crippen LogP contribution is -2.50. The molecule has 0 radical (unpaired) electrons. The second-order valence-corrected chi connectivity index (χ2v) is 5.12. The highest BCUT2D eigenvalue weighted by atomic mass is 32.2. The van der Waals surface area contributed by atoms with Crippen LogP contribution < -0.4 is 5.43 Å². The zero-order valence-electron chi connectivity index (χ0n) is 9.33. The SMILES string of the molecule is CS(=O)(=O)N=C(C[N+](=O)[O-])NN1CCOCC1. The van der Waals surface area contributed by atoms with Gasteiger partial charge in [-0.1, -0.05) is 0 Å². The number of rotatable bonds is 4. The number of ether oxygens (including phenoxy) is 1. The Morgan fingerprint density at radius 1 is 1.53 bits per heavy atom. The van der Waals surface area contributed by atoms with Crippen LogP contribution in [0.15, 0.2) is 4.40 Å². The van der Waals surface area contributed by atoms with E-state index < -0.39 is 21.5 Å². The highest BCUT2D eigenvalue weighted by Crippen LogP contribution is 1.94. The van der Waals surface area contributed by atoms with Crippen molar-refractivity contribution in [2.45, 2.75) is 0 Å². The highest BCUT2D eigenvalue weighted by Gasteiger charge is 2.16. The normalized spacial score (nSPS) is 19.0. The molecule has 0 aliphatic carbocycles. The summed E-state index contributed by atoms with van der Waals surface area (Å²) in [5.41, 5.74) is 2.63. The van der Waals surface area contributed by atoms with Gasteiger partial charge in [-0.2, -0.15) is 0 Å². The molecule has 0 aromatic rings. The third kappa shape index (κ3) is 6.14. The van der Waals surface area contributed by atoms with Gasteiger partial charge in [-0.05, 0) is 0 Å². The molecule has 0 atom stereocenters. The number of hydrogen-bond donors (Lipinski definition) is 1. The molecule has 17 heavy (non-hydrogen) atoms. The van der Waals surface area contributed by atoms with Crippen molar-refractivity contribution in [1.82, 2.24) is 10.4 Å². The topological polar surface area (TPSA) is 114 Å². The summed E-state index contributed by atoms with van der Waals surface area (Å²) in [6, 6.07) is 0. The van der Waals surface area contributed by atoms with Gasteiger partial charge in [0.2, 0.25) is 5.84 Å². The smallest absolute Gasteiger partial charge is 0.262 e. The number of nitrogens with zero attached hydrogens (tertiary/aromatic N) is 3. The lowest BCUT2D eigenvalue weighted by atomic mass is 10.5. The van der Waals surface area contributed by atoms with Crippen LogP contribution in [0.1, 0.15) is 0 Å². The van der Waals surface area contributed by atoms with Crippen LogP contribution in [0.5, 0.6) is 0 Å². The molecular formula is C7H14N4O5S. The minimum absolute atomic E-state index is 0.195. The van der Waals surface area contributed by atoms with Crippen LogP contribution in [0, 0.1) is 10.1 Å². The molecule has 1 heterocycles. The van der Waals surface area contributed by atoms with Crippen LogP contribution in [0.3, 0.4) is 0 Å². The van der Waals surface area contributed by atoms with Crippen LogP contribution in [0.25, 0.3) is 0 Å². The fourth-order valence-corrected chi connectivity index (χ4v) is 1.76. The molecule has 0 saturated carbocycles. The third-order valence-corrected chi connectivity index (χ3v) is 2.41. The summed E-state index contributed by atoms with van der Waals surface area (Å²) in [7, 11) is -3.66. The molecule has 0 bridgehead atoms. The quantitative estimate of drug-likeness (QED) is 0.284. The Balaban J connectivity index is 2.69. The number of nitrogens with one attached hydrogen (secondary N) is 1.